The van der Waals surface area contributed by atoms with Crippen molar-refractivity contribution in [3.8, 4) is 5.75 Å². The second-order valence-corrected chi connectivity index (χ2v) is 7.06. The van der Waals surface area contributed by atoms with Crippen molar-refractivity contribution >= 4 is 15.9 Å². The lowest BCUT2D eigenvalue weighted by molar-refractivity contribution is 0.189. The largest absolute Gasteiger partial charge is 0.494 e. The molecule has 0 bridgehead atoms. The Kier molecular flexibility index (Phi) is 7.60. The maximum Gasteiger partial charge on any atom is 0.119 e. The summed E-state index contributed by atoms with van der Waals surface area (Å²) in [6.45, 7) is 10.8. The standard InChI is InChI=1S/C17H28BrNO/c1-5-10-17(4,13-19-14(2)3)11-12-20-16-8-6-15(18)7-9-16/h6-9,14,19H,5,10-13H2,1-4H3. The molecule has 0 spiro atoms. The van der Waals surface area contributed by atoms with Gasteiger partial charge in [0, 0.05) is 17.1 Å². The summed E-state index contributed by atoms with van der Waals surface area (Å²) in [5.74, 6) is 0.948. The number of hydrogen-bond donors (Lipinski definition) is 1. The molecule has 0 aliphatic carbocycles. The van der Waals surface area contributed by atoms with E-state index in [0.717, 1.165) is 29.8 Å². The third kappa shape index (κ3) is 6.76. The van der Waals surface area contributed by atoms with Gasteiger partial charge in [0.05, 0.1) is 6.61 Å². The summed E-state index contributed by atoms with van der Waals surface area (Å²) < 4.78 is 6.95. The number of benzene rings is 1. The minimum absolute atomic E-state index is 0.314. The normalized spacial score (nSPS) is 14.3. The molecule has 1 N–H and O–H groups in total. The van der Waals surface area contributed by atoms with Crippen molar-refractivity contribution in [3.05, 3.63) is 28.7 Å². The van der Waals surface area contributed by atoms with Gasteiger partial charge in [-0.05, 0) is 42.5 Å². The van der Waals surface area contributed by atoms with Gasteiger partial charge >= 0.3 is 0 Å². The summed E-state index contributed by atoms with van der Waals surface area (Å²) in [5.41, 5.74) is 0.314. The smallest absolute Gasteiger partial charge is 0.119 e. The van der Waals surface area contributed by atoms with Crippen LogP contribution < -0.4 is 10.1 Å². The molecule has 2 nitrogen and oxygen atoms in total. The second-order valence-electron chi connectivity index (χ2n) is 6.15. The van der Waals surface area contributed by atoms with Crippen molar-refractivity contribution < 1.29 is 4.74 Å². The summed E-state index contributed by atoms with van der Waals surface area (Å²) in [6.07, 6.45) is 3.53. The van der Waals surface area contributed by atoms with E-state index in [0.29, 0.717) is 11.5 Å². The van der Waals surface area contributed by atoms with Crippen LogP contribution in [-0.4, -0.2) is 19.2 Å². The fraction of sp³-hybridized carbons (Fsp3) is 0.647. The van der Waals surface area contributed by atoms with Gasteiger partial charge in [0.25, 0.3) is 0 Å². The Balaban J connectivity index is 2.43. The van der Waals surface area contributed by atoms with E-state index in [2.05, 4.69) is 48.9 Å². The molecule has 114 valence electrons. The van der Waals surface area contributed by atoms with Gasteiger partial charge in [0.1, 0.15) is 5.75 Å². The lowest BCUT2D eigenvalue weighted by atomic mass is 9.82. The molecular weight excluding hydrogens is 314 g/mol. The first-order chi connectivity index (χ1) is 9.45. The van der Waals surface area contributed by atoms with E-state index in [1.807, 2.05) is 24.3 Å². The van der Waals surface area contributed by atoms with E-state index >= 15 is 0 Å². The zero-order valence-corrected chi connectivity index (χ0v) is 14.8. The average molecular weight is 342 g/mol. The topological polar surface area (TPSA) is 21.3 Å². The monoisotopic (exact) mass is 341 g/mol. The van der Waals surface area contributed by atoms with Crippen molar-refractivity contribution in [2.45, 2.75) is 53.0 Å². The first-order valence-electron chi connectivity index (χ1n) is 7.57. The molecule has 1 aromatic rings. The third-order valence-electron chi connectivity index (χ3n) is 3.58. The third-order valence-corrected chi connectivity index (χ3v) is 4.11. The predicted molar refractivity (Wildman–Crippen MR) is 90.4 cm³/mol. The van der Waals surface area contributed by atoms with Crippen molar-refractivity contribution in [1.29, 1.82) is 0 Å². The van der Waals surface area contributed by atoms with Crippen molar-refractivity contribution in [2.75, 3.05) is 13.2 Å². The van der Waals surface area contributed by atoms with Gasteiger partial charge < -0.3 is 10.1 Å². The molecular formula is C17H28BrNO. The molecule has 1 atom stereocenters. The lowest BCUT2D eigenvalue weighted by Gasteiger charge is -2.30. The number of halogens is 1. The van der Waals surface area contributed by atoms with Crippen LogP contribution in [-0.2, 0) is 0 Å². The Bertz CT molecular complexity index is 377. The van der Waals surface area contributed by atoms with Crippen LogP contribution in [0.25, 0.3) is 0 Å². The minimum atomic E-state index is 0.314. The van der Waals surface area contributed by atoms with Crippen LogP contribution in [0.3, 0.4) is 0 Å². The highest BCUT2D eigenvalue weighted by molar-refractivity contribution is 9.10. The van der Waals surface area contributed by atoms with Gasteiger partial charge in [0.2, 0.25) is 0 Å². The van der Waals surface area contributed by atoms with Crippen LogP contribution in [0.5, 0.6) is 5.75 Å². The molecule has 0 saturated heterocycles. The molecule has 0 aromatic heterocycles. The van der Waals surface area contributed by atoms with Gasteiger partial charge in [-0.1, -0.05) is 50.0 Å². The molecule has 0 fully saturated rings. The van der Waals surface area contributed by atoms with E-state index in [1.165, 1.54) is 12.8 Å². The number of rotatable bonds is 9. The highest BCUT2D eigenvalue weighted by Gasteiger charge is 2.23. The molecule has 0 aliphatic heterocycles. The predicted octanol–water partition coefficient (Wildman–Crippen LogP) is 5.02. The maximum absolute atomic E-state index is 5.86. The Morgan fingerprint density at radius 2 is 1.85 bits per heavy atom. The highest BCUT2D eigenvalue weighted by atomic mass is 79.9. The number of hydrogen-bond acceptors (Lipinski definition) is 2. The fourth-order valence-electron chi connectivity index (χ4n) is 2.30. The summed E-state index contributed by atoms with van der Waals surface area (Å²) in [4.78, 5) is 0. The van der Waals surface area contributed by atoms with Gasteiger partial charge in [0.15, 0.2) is 0 Å². The zero-order valence-electron chi connectivity index (χ0n) is 13.2. The highest BCUT2D eigenvalue weighted by Crippen LogP contribution is 2.27. The van der Waals surface area contributed by atoms with E-state index in [9.17, 15) is 0 Å². The van der Waals surface area contributed by atoms with Crippen LogP contribution in [0.2, 0.25) is 0 Å². The first kappa shape index (κ1) is 17.5. The fourth-order valence-corrected chi connectivity index (χ4v) is 2.57. The minimum Gasteiger partial charge on any atom is -0.494 e. The summed E-state index contributed by atoms with van der Waals surface area (Å²) in [6, 6.07) is 8.58. The van der Waals surface area contributed by atoms with Gasteiger partial charge in [-0.15, -0.1) is 0 Å². The van der Waals surface area contributed by atoms with Gasteiger partial charge in [-0.2, -0.15) is 0 Å². The van der Waals surface area contributed by atoms with E-state index in [4.69, 9.17) is 4.74 Å². The Hall–Kier alpha value is -0.540. The van der Waals surface area contributed by atoms with E-state index in [-0.39, 0.29) is 0 Å². The zero-order chi connectivity index (χ0) is 15.0. The summed E-state index contributed by atoms with van der Waals surface area (Å²) >= 11 is 3.44. The Morgan fingerprint density at radius 3 is 2.40 bits per heavy atom. The van der Waals surface area contributed by atoms with Crippen LogP contribution in [0.1, 0.15) is 47.0 Å². The van der Waals surface area contributed by atoms with Crippen LogP contribution in [0.15, 0.2) is 28.7 Å². The molecule has 0 aliphatic rings. The number of nitrogens with one attached hydrogen (secondary N) is 1. The van der Waals surface area contributed by atoms with Crippen molar-refractivity contribution in [2.24, 2.45) is 5.41 Å². The number of ether oxygens (including phenoxy) is 1. The molecule has 0 amide bonds. The lowest BCUT2D eigenvalue weighted by Crippen LogP contribution is -2.36. The van der Waals surface area contributed by atoms with Gasteiger partial charge in [-0.25, -0.2) is 0 Å². The summed E-state index contributed by atoms with van der Waals surface area (Å²) in [7, 11) is 0. The second kappa shape index (κ2) is 8.68. The van der Waals surface area contributed by atoms with Crippen LogP contribution in [0, 0.1) is 5.41 Å². The van der Waals surface area contributed by atoms with Crippen LogP contribution in [0.4, 0.5) is 0 Å². The molecule has 0 heterocycles. The molecule has 1 aromatic carbocycles. The first-order valence-corrected chi connectivity index (χ1v) is 8.36. The molecule has 0 radical (unpaired) electrons. The molecule has 1 unspecified atom stereocenters. The quantitative estimate of drug-likeness (QED) is 0.680. The molecule has 1 rings (SSSR count). The molecule has 3 heteroatoms. The average Bonchev–Trinajstić information content (AvgIpc) is 2.39. The molecule has 20 heavy (non-hydrogen) atoms. The Labute approximate surface area is 132 Å². The van der Waals surface area contributed by atoms with Crippen molar-refractivity contribution in [3.63, 3.8) is 0 Å². The van der Waals surface area contributed by atoms with Crippen molar-refractivity contribution in [1.82, 2.24) is 5.32 Å². The van der Waals surface area contributed by atoms with E-state index < -0.39 is 0 Å². The SMILES string of the molecule is CCCC(C)(CCOc1ccc(Br)cc1)CNC(C)C. The van der Waals surface area contributed by atoms with E-state index in [1.54, 1.807) is 0 Å². The Morgan fingerprint density at radius 1 is 1.20 bits per heavy atom. The van der Waals surface area contributed by atoms with Gasteiger partial charge in [-0.3, -0.25) is 0 Å². The van der Waals surface area contributed by atoms with Crippen LogP contribution >= 0.6 is 15.9 Å². The maximum atomic E-state index is 5.86. The molecule has 0 saturated carbocycles. The summed E-state index contributed by atoms with van der Waals surface area (Å²) in [5, 5.41) is 3.57.